The number of nitrogens with zero attached hydrogens (tertiary/aromatic N) is 3. The minimum Gasteiger partial charge on any atom is -0.378 e. The van der Waals surface area contributed by atoms with Crippen molar-refractivity contribution in [1.82, 2.24) is 15.3 Å². The van der Waals surface area contributed by atoms with Gasteiger partial charge in [0.05, 0.1) is 23.5 Å². The van der Waals surface area contributed by atoms with E-state index in [4.69, 9.17) is 4.74 Å². The van der Waals surface area contributed by atoms with E-state index in [2.05, 4.69) is 20.2 Å². The van der Waals surface area contributed by atoms with E-state index < -0.39 is 0 Å². The average molecular weight is 386 g/mol. The number of carbonyl (C=O) groups is 1. The number of hydrogen-bond donors (Lipinski definition) is 1. The summed E-state index contributed by atoms with van der Waals surface area (Å²) < 4.78 is 18.4. The third-order valence-corrected chi connectivity index (χ3v) is 5.79. The molecule has 1 fully saturated rings. The van der Waals surface area contributed by atoms with E-state index in [0.29, 0.717) is 24.6 Å². The maximum atomic E-state index is 13.0. The highest BCUT2D eigenvalue weighted by atomic mass is 32.1. The molecule has 3 aromatic rings. The number of benzene rings is 1. The predicted octanol–water partition coefficient (Wildman–Crippen LogP) is 2.91. The Morgan fingerprint density at radius 1 is 1.26 bits per heavy atom. The molecule has 1 saturated heterocycles. The fourth-order valence-electron chi connectivity index (χ4n) is 3.15. The fourth-order valence-corrected chi connectivity index (χ4v) is 4.21. The monoisotopic (exact) mass is 386 g/mol. The lowest BCUT2D eigenvalue weighted by Crippen LogP contribution is -2.36. The predicted molar refractivity (Wildman–Crippen MR) is 103 cm³/mol. The lowest BCUT2D eigenvalue weighted by Gasteiger charge is -2.28. The number of nitrogens with one attached hydrogen (secondary N) is 1. The molecule has 2 aromatic heterocycles. The molecule has 0 saturated carbocycles. The van der Waals surface area contributed by atoms with Gasteiger partial charge in [0, 0.05) is 19.6 Å². The average Bonchev–Trinajstić information content (AvgIpc) is 3.05. The van der Waals surface area contributed by atoms with E-state index >= 15 is 0 Å². The number of morpholine rings is 1. The number of fused-ring (bicyclic) bond motifs is 1. The van der Waals surface area contributed by atoms with Gasteiger partial charge in [-0.1, -0.05) is 12.1 Å². The maximum absolute atomic E-state index is 13.0. The molecule has 6 nitrogen and oxygen atoms in total. The SMILES string of the molecule is Cc1c(C(=O)NCc2ccc(F)cc2)sc2ncnc(N3CCOCC3)c12. The quantitative estimate of drug-likeness (QED) is 0.747. The molecule has 1 aliphatic heterocycles. The second kappa shape index (κ2) is 7.58. The normalized spacial score (nSPS) is 14.5. The highest BCUT2D eigenvalue weighted by Crippen LogP contribution is 2.35. The molecule has 3 heterocycles. The Balaban J connectivity index is 1.59. The first-order valence-electron chi connectivity index (χ1n) is 8.73. The van der Waals surface area contributed by atoms with Gasteiger partial charge >= 0.3 is 0 Å². The molecule has 4 rings (SSSR count). The molecule has 0 atom stereocenters. The number of ether oxygens (including phenoxy) is 1. The Bertz CT molecular complexity index is 968. The van der Waals surface area contributed by atoms with Crippen molar-refractivity contribution in [3.05, 3.63) is 52.4 Å². The van der Waals surface area contributed by atoms with Crippen molar-refractivity contribution in [2.24, 2.45) is 0 Å². The summed E-state index contributed by atoms with van der Waals surface area (Å²) >= 11 is 1.37. The number of hydrogen-bond acceptors (Lipinski definition) is 6. The van der Waals surface area contributed by atoms with Crippen LogP contribution in [-0.4, -0.2) is 42.2 Å². The number of aromatic nitrogens is 2. The molecule has 0 radical (unpaired) electrons. The van der Waals surface area contributed by atoms with Crippen molar-refractivity contribution < 1.29 is 13.9 Å². The van der Waals surface area contributed by atoms with Crippen LogP contribution in [0.5, 0.6) is 0 Å². The van der Waals surface area contributed by atoms with Crippen LogP contribution in [0.4, 0.5) is 10.2 Å². The standard InChI is InChI=1S/C19H19FN4O2S/c1-12-15-17(24-6-8-26-9-7-24)22-11-23-19(15)27-16(12)18(25)21-10-13-2-4-14(20)5-3-13/h2-5,11H,6-10H2,1H3,(H,21,25). The van der Waals surface area contributed by atoms with Crippen molar-refractivity contribution in [2.75, 3.05) is 31.2 Å². The van der Waals surface area contributed by atoms with Gasteiger partial charge in [0.15, 0.2) is 0 Å². The second-order valence-corrected chi connectivity index (χ2v) is 7.34. The van der Waals surface area contributed by atoms with E-state index in [1.54, 1.807) is 18.5 Å². The lowest BCUT2D eigenvalue weighted by atomic mass is 10.1. The molecule has 1 N–H and O–H groups in total. The Morgan fingerprint density at radius 2 is 2.00 bits per heavy atom. The smallest absolute Gasteiger partial charge is 0.261 e. The van der Waals surface area contributed by atoms with Crippen LogP contribution in [0, 0.1) is 12.7 Å². The highest BCUT2D eigenvalue weighted by molar-refractivity contribution is 7.20. The van der Waals surface area contributed by atoms with E-state index in [9.17, 15) is 9.18 Å². The third kappa shape index (κ3) is 3.63. The zero-order chi connectivity index (χ0) is 18.8. The summed E-state index contributed by atoms with van der Waals surface area (Å²) in [6, 6.07) is 6.09. The molecular weight excluding hydrogens is 367 g/mol. The van der Waals surface area contributed by atoms with Crippen molar-refractivity contribution in [3.63, 3.8) is 0 Å². The summed E-state index contributed by atoms with van der Waals surface area (Å²) in [4.78, 5) is 25.1. The molecule has 8 heteroatoms. The Labute approximate surface area is 160 Å². The van der Waals surface area contributed by atoms with Gasteiger partial charge in [0.25, 0.3) is 5.91 Å². The van der Waals surface area contributed by atoms with Crippen LogP contribution in [-0.2, 0) is 11.3 Å². The number of halogens is 1. The summed E-state index contributed by atoms with van der Waals surface area (Å²) in [5.74, 6) is 0.405. The summed E-state index contributed by atoms with van der Waals surface area (Å²) in [5, 5.41) is 3.83. The van der Waals surface area contributed by atoms with Crippen molar-refractivity contribution in [2.45, 2.75) is 13.5 Å². The van der Waals surface area contributed by atoms with Gasteiger partial charge in [-0.3, -0.25) is 4.79 Å². The number of anilines is 1. The van der Waals surface area contributed by atoms with Crippen LogP contribution >= 0.6 is 11.3 Å². The second-order valence-electron chi connectivity index (χ2n) is 6.34. The molecule has 0 unspecified atom stereocenters. The van der Waals surface area contributed by atoms with Crippen LogP contribution in [0.2, 0.25) is 0 Å². The number of thiophene rings is 1. The largest absolute Gasteiger partial charge is 0.378 e. The van der Waals surface area contributed by atoms with Gasteiger partial charge < -0.3 is 15.0 Å². The molecular formula is C19H19FN4O2S. The Morgan fingerprint density at radius 3 is 2.74 bits per heavy atom. The Hall–Kier alpha value is -2.58. The molecule has 27 heavy (non-hydrogen) atoms. The van der Waals surface area contributed by atoms with E-state index in [1.807, 2.05) is 6.92 Å². The molecule has 0 aliphatic carbocycles. The minimum absolute atomic E-state index is 0.159. The first-order valence-corrected chi connectivity index (χ1v) is 9.54. The molecule has 1 amide bonds. The minimum atomic E-state index is -0.292. The van der Waals surface area contributed by atoms with Gasteiger partial charge in [0.1, 0.15) is 22.8 Å². The first kappa shape index (κ1) is 17.8. The molecule has 140 valence electrons. The topological polar surface area (TPSA) is 67.4 Å². The molecule has 1 aliphatic rings. The summed E-state index contributed by atoms with van der Waals surface area (Å²) in [5.41, 5.74) is 1.73. The van der Waals surface area contributed by atoms with Gasteiger partial charge in [-0.25, -0.2) is 14.4 Å². The van der Waals surface area contributed by atoms with Crippen LogP contribution in [0.15, 0.2) is 30.6 Å². The lowest BCUT2D eigenvalue weighted by molar-refractivity contribution is 0.0954. The molecule has 1 aromatic carbocycles. The van der Waals surface area contributed by atoms with E-state index in [0.717, 1.165) is 40.3 Å². The third-order valence-electron chi connectivity index (χ3n) is 4.59. The van der Waals surface area contributed by atoms with E-state index in [1.165, 1.54) is 23.5 Å². The first-order chi connectivity index (χ1) is 13.1. The zero-order valence-corrected chi connectivity index (χ0v) is 15.7. The van der Waals surface area contributed by atoms with Crippen molar-refractivity contribution in [3.8, 4) is 0 Å². The summed E-state index contributed by atoms with van der Waals surface area (Å²) in [6.07, 6.45) is 1.54. The van der Waals surface area contributed by atoms with E-state index in [-0.39, 0.29) is 11.7 Å². The number of rotatable bonds is 4. The van der Waals surface area contributed by atoms with Gasteiger partial charge in [-0.15, -0.1) is 11.3 Å². The van der Waals surface area contributed by atoms with Crippen molar-refractivity contribution >= 4 is 33.3 Å². The fraction of sp³-hybridized carbons (Fsp3) is 0.316. The highest BCUT2D eigenvalue weighted by Gasteiger charge is 2.22. The van der Waals surface area contributed by atoms with Crippen LogP contribution in [0.3, 0.4) is 0 Å². The Kier molecular flexibility index (Phi) is 5.00. The number of aryl methyl sites for hydroxylation is 1. The number of amides is 1. The number of carbonyl (C=O) groups excluding carboxylic acids is 1. The van der Waals surface area contributed by atoms with Crippen LogP contribution in [0.1, 0.15) is 20.8 Å². The zero-order valence-electron chi connectivity index (χ0n) is 14.9. The van der Waals surface area contributed by atoms with Crippen LogP contribution in [0.25, 0.3) is 10.2 Å². The maximum Gasteiger partial charge on any atom is 0.261 e. The molecule has 0 spiro atoms. The van der Waals surface area contributed by atoms with Crippen molar-refractivity contribution in [1.29, 1.82) is 0 Å². The van der Waals surface area contributed by atoms with Gasteiger partial charge in [0.2, 0.25) is 0 Å². The van der Waals surface area contributed by atoms with Gasteiger partial charge in [-0.05, 0) is 30.2 Å². The van der Waals surface area contributed by atoms with Gasteiger partial charge in [-0.2, -0.15) is 0 Å². The summed E-state index contributed by atoms with van der Waals surface area (Å²) in [7, 11) is 0. The summed E-state index contributed by atoms with van der Waals surface area (Å²) in [6.45, 7) is 5.15. The molecule has 0 bridgehead atoms. The van der Waals surface area contributed by atoms with Crippen LogP contribution < -0.4 is 10.2 Å².